The molecule has 1 aliphatic heterocycles. The van der Waals surface area contributed by atoms with Crippen molar-refractivity contribution in [3.8, 4) is 11.6 Å². The number of hydrogen-bond donors (Lipinski definition) is 1. The van der Waals surface area contributed by atoms with Crippen molar-refractivity contribution in [2.45, 2.75) is 38.7 Å². The van der Waals surface area contributed by atoms with Crippen molar-refractivity contribution in [2.75, 3.05) is 19.6 Å². The molecule has 1 N–H and O–H groups in total. The maximum atomic E-state index is 13.1. The van der Waals surface area contributed by atoms with Gasteiger partial charge in [0.15, 0.2) is 0 Å². The van der Waals surface area contributed by atoms with Gasteiger partial charge in [-0.25, -0.2) is 4.98 Å². The normalized spacial score (nSPS) is 14.6. The molecule has 8 nitrogen and oxygen atoms in total. The monoisotopic (exact) mass is 619 g/mol. The van der Waals surface area contributed by atoms with E-state index in [0.29, 0.717) is 54.5 Å². The van der Waals surface area contributed by atoms with Crippen LogP contribution >= 0.6 is 0 Å². The Hall–Kier alpha value is -4.62. The maximum absolute atomic E-state index is 13.1. The number of ether oxygens (including phenoxy) is 1. The Bertz CT molecular complexity index is 1660. The van der Waals surface area contributed by atoms with Gasteiger partial charge in [0.2, 0.25) is 5.88 Å². The number of piperidine rings is 1. The molecule has 4 aromatic rings. The van der Waals surface area contributed by atoms with Crippen molar-refractivity contribution < 1.29 is 40.7 Å². The fourth-order valence-electron chi connectivity index (χ4n) is 5.08. The summed E-state index contributed by atoms with van der Waals surface area (Å²) in [6.07, 6.45) is -5.89. The number of alkyl halides is 6. The molecular formula is C30H27F6N5O3. The van der Waals surface area contributed by atoms with Crippen LogP contribution in [0, 0.1) is 12.8 Å². The van der Waals surface area contributed by atoms with Gasteiger partial charge in [-0.2, -0.15) is 31.4 Å². The van der Waals surface area contributed by atoms with E-state index in [-0.39, 0.29) is 29.0 Å². The Kier molecular flexibility index (Phi) is 8.53. The highest BCUT2D eigenvalue weighted by atomic mass is 19.4. The van der Waals surface area contributed by atoms with E-state index >= 15 is 0 Å². The number of likely N-dealkylation sites (tertiary alicyclic amines) is 1. The molecular weight excluding hydrogens is 592 g/mol. The Balaban J connectivity index is 1.15. The quantitative estimate of drug-likeness (QED) is 0.242. The summed E-state index contributed by atoms with van der Waals surface area (Å²) in [5.74, 6) is -0.736. The third-order valence-corrected chi connectivity index (χ3v) is 7.38. The number of fused-ring (bicyclic) bond motifs is 1. The zero-order valence-corrected chi connectivity index (χ0v) is 23.4. The van der Waals surface area contributed by atoms with Crippen LogP contribution in [0.25, 0.3) is 10.9 Å². The highest BCUT2D eigenvalue weighted by molar-refractivity contribution is 6.00. The highest BCUT2D eigenvalue weighted by Crippen LogP contribution is 2.30. The molecule has 0 spiro atoms. The van der Waals surface area contributed by atoms with Crippen molar-refractivity contribution in [3.63, 3.8) is 0 Å². The van der Waals surface area contributed by atoms with Gasteiger partial charge in [-0.15, -0.1) is 0 Å². The minimum Gasteiger partial charge on any atom is -0.439 e. The molecule has 0 radical (unpaired) electrons. The van der Waals surface area contributed by atoms with Crippen LogP contribution in [0.2, 0.25) is 0 Å². The Labute approximate surface area is 247 Å². The average molecular weight is 620 g/mol. The van der Waals surface area contributed by atoms with E-state index in [9.17, 15) is 35.9 Å². The lowest BCUT2D eigenvalue weighted by atomic mass is 9.96. The molecule has 2 aromatic heterocycles. The van der Waals surface area contributed by atoms with Crippen LogP contribution in [0.4, 0.5) is 26.3 Å². The van der Waals surface area contributed by atoms with Gasteiger partial charge >= 0.3 is 12.4 Å². The number of amides is 2. The molecule has 2 aromatic carbocycles. The molecule has 1 saturated heterocycles. The smallest absolute Gasteiger partial charge is 0.433 e. The Morgan fingerprint density at radius 1 is 0.977 bits per heavy atom. The number of carbonyl (C=O) groups is 2. The minimum absolute atomic E-state index is 0.153. The number of hydrogen-bond acceptors (Lipinski definition) is 5. The van der Waals surface area contributed by atoms with Crippen molar-refractivity contribution in [1.82, 2.24) is 25.0 Å². The van der Waals surface area contributed by atoms with E-state index < -0.39 is 30.5 Å². The van der Waals surface area contributed by atoms with E-state index in [2.05, 4.69) is 10.1 Å². The van der Waals surface area contributed by atoms with Gasteiger partial charge in [0.1, 0.15) is 18.0 Å². The van der Waals surface area contributed by atoms with E-state index in [1.807, 2.05) is 5.32 Å². The SMILES string of the molecule is Cc1c(C(=O)NCC(F)(F)F)ccc2nn(CC3CCN(C(=O)c4ccc(Oc5cccc(C(F)(F)F)n5)cc4)CC3)cc12. The van der Waals surface area contributed by atoms with Crippen LogP contribution in [0.3, 0.4) is 0 Å². The molecule has 2 amide bonds. The number of aryl methyl sites for hydroxylation is 1. The lowest BCUT2D eigenvalue weighted by Gasteiger charge is -2.32. The summed E-state index contributed by atoms with van der Waals surface area (Å²) in [5.41, 5.74) is 0.662. The molecule has 14 heteroatoms. The predicted octanol–water partition coefficient (Wildman–Crippen LogP) is 6.40. The topological polar surface area (TPSA) is 89.4 Å². The van der Waals surface area contributed by atoms with Gasteiger partial charge in [-0.1, -0.05) is 6.07 Å². The number of pyridine rings is 1. The molecule has 1 aliphatic rings. The zero-order valence-electron chi connectivity index (χ0n) is 23.4. The first kappa shape index (κ1) is 30.8. The molecule has 0 atom stereocenters. The lowest BCUT2D eigenvalue weighted by Crippen LogP contribution is -2.39. The second-order valence-corrected chi connectivity index (χ2v) is 10.5. The van der Waals surface area contributed by atoms with Crippen LogP contribution < -0.4 is 10.1 Å². The number of halogens is 6. The van der Waals surface area contributed by atoms with Crippen LogP contribution in [0.5, 0.6) is 11.6 Å². The Morgan fingerprint density at radius 3 is 2.34 bits per heavy atom. The van der Waals surface area contributed by atoms with Crippen LogP contribution in [0.15, 0.2) is 60.8 Å². The number of nitrogens with one attached hydrogen (secondary N) is 1. The fourth-order valence-corrected chi connectivity index (χ4v) is 5.08. The van der Waals surface area contributed by atoms with Gasteiger partial charge in [0.05, 0.1) is 5.52 Å². The number of aromatic nitrogens is 3. The molecule has 3 heterocycles. The zero-order chi connectivity index (χ0) is 31.6. The molecule has 1 fully saturated rings. The van der Waals surface area contributed by atoms with E-state index in [4.69, 9.17) is 4.74 Å². The number of carbonyl (C=O) groups excluding carboxylic acids is 2. The molecule has 0 saturated carbocycles. The Morgan fingerprint density at radius 2 is 1.68 bits per heavy atom. The predicted molar refractivity (Wildman–Crippen MR) is 147 cm³/mol. The van der Waals surface area contributed by atoms with Crippen molar-refractivity contribution in [3.05, 3.63) is 83.2 Å². The molecule has 0 unspecified atom stereocenters. The van der Waals surface area contributed by atoms with Crippen molar-refractivity contribution in [2.24, 2.45) is 5.92 Å². The molecule has 44 heavy (non-hydrogen) atoms. The van der Waals surface area contributed by atoms with E-state index in [0.717, 1.165) is 6.07 Å². The van der Waals surface area contributed by atoms with Gasteiger partial charge < -0.3 is 15.0 Å². The molecule has 5 rings (SSSR count). The summed E-state index contributed by atoms with van der Waals surface area (Å²) in [5, 5.41) is 7.13. The van der Waals surface area contributed by atoms with Gasteiger partial charge in [-0.3, -0.25) is 14.3 Å². The second kappa shape index (κ2) is 12.2. The van der Waals surface area contributed by atoms with Gasteiger partial charge in [-0.05, 0) is 73.7 Å². The minimum atomic E-state index is -4.59. The summed E-state index contributed by atoms with van der Waals surface area (Å²) in [6, 6.07) is 12.5. The summed E-state index contributed by atoms with van der Waals surface area (Å²) in [6.45, 7) is 1.85. The van der Waals surface area contributed by atoms with Gasteiger partial charge in [0.25, 0.3) is 11.8 Å². The van der Waals surface area contributed by atoms with E-state index in [1.165, 1.54) is 30.3 Å². The van der Waals surface area contributed by atoms with Crippen LogP contribution in [-0.4, -0.2) is 57.3 Å². The molecule has 0 bridgehead atoms. The van der Waals surface area contributed by atoms with Gasteiger partial charge in [0, 0.05) is 48.4 Å². The highest BCUT2D eigenvalue weighted by Gasteiger charge is 2.33. The first-order chi connectivity index (χ1) is 20.8. The first-order valence-electron chi connectivity index (χ1n) is 13.7. The lowest BCUT2D eigenvalue weighted by molar-refractivity contribution is -0.141. The van der Waals surface area contributed by atoms with Crippen LogP contribution in [-0.2, 0) is 12.7 Å². The van der Waals surface area contributed by atoms with Crippen molar-refractivity contribution in [1.29, 1.82) is 0 Å². The van der Waals surface area contributed by atoms with Crippen molar-refractivity contribution >= 4 is 22.7 Å². The average Bonchev–Trinajstić information content (AvgIpc) is 3.39. The third kappa shape index (κ3) is 7.29. The maximum Gasteiger partial charge on any atom is 0.433 e. The molecule has 232 valence electrons. The largest absolute Gasteiger partial charge is 0.439 e. The van der Waals surface area contributed by atoms with E-state index in [1.54, 1.807) is 40.9 Å². The molecule has 0 aliphatic carbocycles. The standard InChI is InChI=1S/C30H27F6N5O3/c1-18-22(27(42)37-17-29(31,32)33)9-10-24-23(18)16-41(39-24)15-19-11-13-40(14-12-19)28(43)20-5-7-21(8-6-20)44-26-4-2-3-25(38-26)30(34,35)36/h2-10,16,19H,11-15,17H2,1H3,(H,37,42). The number of rotatable bonds is 7. The second-order valence-electron chi connectivity index (χ2n) is 10.5. The summed E-state index contributed by atoms with van der Waals surface area (Å²) < 4.78 is 83.4. The summed E-state index contributed by atoms with van der Waals surface area (Å²) in [7, 11) is 0. The summed E-state index contributed by atoms with van der Waals surface area (Å²) in [4.78, 5) is 30.6. The number of benzene rings is 2. The summed E-state index contributed by atoms with van der Waals surface area (Å²) >= 11 is 0. The third-order valence-electron chi connectivity index (χ3n) is 7.38. The number of nitrogens with zero attached hydrogens (tertiary/aromatic N) is 4. The first-order valence-corrected chi connectivity index (χ1v) is 13.7. The fraction of sp³-hybridized carbons (Fsp3) is 0.333. The van der Waals surface area contributed by atoms with Crippen LogP contribution in [0.1, 0.15) is 44.8 Å².